The largest absolute Gasteiger partial charge is 0.369 e. The lowest BCUT2D eigenvalue weighted by molar-refractivity contribution is 0.599. The van der Waals surface area contributed by atoms with Gasteiger partial charge in [0.1, 0.15) is 5.82 Å². The fraction of sp³-hybridized carbons (Fsp3) is 0.571. The van der Waals surface area contributed by atoms with Crippen LogP contribution in [0.1, 0.15) is 24.1 Å². The molecule has 1 heterocycles. The van der Waals surface area contributed by atoms with Crippen molar-refractivity contribution >= 4 is 16.5 Å². The molecule has 0 aliphatic carbocycles. The Morgan fingerprint density at radius 1 is 1.37 bits per heavy atom. The molecule has 1 atom stereocenters. The highest BCUT2D eigenvalue weighted by Gasteiger charge is 2.21. The van der Waals surface area contributed by atoms with E-state index < -0.39 is 10.8 Å². The van der Waals surface area contributed by atoms with Crippen LogP contribution >= 0.6 is 0 Å². The topological polar surface area (TPSA) is 32.3 Å². The molecule has 1 N–H and O–H groups in total. The summed E-state index contributed by atoms with van der Waals surface area (Å²) >= 11 is 0. The normalized spacial score (nSPS) is 18.6. The highest BCUT2D eigenvalue weighted by molar-refractivity contribution is 7.85. The number of rotatable bonds is 3. The standard InChI is InChI=1S/C14H21FN2OS/c1-10-8-14(17-4-6-19(18)7-5-17)12(9-13(10)15)11(2)16-3/h8-9,11,16H,4-7H2,1-3H3. The molecule has 1 aliphatic rings. The molecule has 2 rings (SSSR count). The van der Waals surface area contributed by atoms with Gasteiger partial charge in [0, 0.05) is 47.1 Å². The van der Waals surface area contributed by atoms with Gasteiger partial charge in [0.2, 0.25) is 0 Å². The van der Waals surface area contributed by atoms with E-state index in [2.05, 4.69) is 10.2 Å². The van der Waals surface area contributed by atoms with Gasteiger partial charge in [-0.3, -0.25) is 4.21 Å². The number of halogens is 1. The van der Waals surface area contributed by atoms with Crippen molar-refractivity contribution < 1.29 is 8.60 Å². The van der Waals surface area contributed by atoms with Crippen LogP contribution in [-0.2, 0) is 10.8 Å². The summed E-state index contributed by atoms with van der Waals surface area (Å²) in [5.41, 5.74) is 2.70. The van der Waals surface area contributed by atoms with E-state index in [0.717, 1.165) is 24.3 Å². The van der Waals surface area contributed by atoms with Gasteiger partial charge in [-0.15, -0.1) is 0 Å². The Bertz CT molecular complexity index is 483. The summed E-state index contributed by atoms with van der Waals surface area (Å²) in [7, 11) is 1.18. The molecule has 106 valence electrons. The van der Waals surface area contributed by atoms with Crippen LogP contribution in [0, 0.1) is 12.7 Å². The van der Waals surface area contributed by atoms with Gasteiger partial charge in [-0.25, -0.2) is 4.39 Å². The minimum atomic E-state index is -0.695. The summed E-state index contributed by atoms with van der Waals surface area (Å²) < 4.78 is 25.2. The zero-order chi connectivity index (χ0) is 14.0. The summed E-state index contributed by atoms with van der Waals surface area (Å²) in [4.78, 5) is 2.22. The fourth-order valence-corrected chi connectivity index (χ4v) is 3.39. The maximum absolute atomic E-state index is 13.8. The number of anilines is 1. The Morgan fingerprint density at radius 2 is 2.00 bits per heavy atom. The summed E-state index contributed by atoms with van der Waals surface area (Å²) in [5, 5.41) is 3.16. The van der Waals surface area contributed by atoms with Crippen LogP contribution in [0.15, 0.2) is 12.1 Å². The lowest BCUT2D eigenvalue weighted by atomic mass is 10.0. The Hall–Kier alpha value is -0.940. The molecule has 0 amide bonds. The monoisotopic (exact) mass is 284 g/mol. The van der Waals surface area contributed by atoms with E-state index in [4.69, 9.17) is 0 Å². The summed E-state index contributed by atoms with van der Waals surface area (Å²) in [5.74, 6) is 1.23. The van der Waals surface area contributed by atoms with E-state index in [1.807, 2.05) is 20.0 Å². The molecule has 0 bridgehead atoms. The SMILES string of the molecule is CNC(C)c1cc(F)c(C)cc1N1CCS(=O)CC1. The van der Waals surface area contributed by atoms with Gasteiger partial charge in [0.15, 0.2) is 0 Å². The van der Waals surface area contributed by atoms with Crippen LogP contribution in [0.3, 0.4) is 0 Å². The van der Waals surface area contributed by atoms with Gasteiger partial charge in [0.05, 0.1) is 0 Å². The van der Waals surface area contributed by atoms with Gasteiger partial charge in [-0.2, -0.15) is 0 Å². The van der Waals surface area contributed by atoms with Crippen LogP contribution in [0.5, 0.6) is 0 Å². The number of nitrogens with one attached hydrogen (secondary N) is 1. The molecule has 1 fully saturated rings. The highest BCUT2D eigenvalue weighted by Crippen LogP contribution is 2.30. The minimum absolute atomic E-state index is 0.0949. The highest BCUT2D eigenvalue weighted by atomic mass is 32.2. The Balaban J connectivity index is 2.37. The molecule has 19 heavy (non-hydrogen) atoms. The fourth-order valence-electron chi connectivity index (χ4n) is 2.34. The van der Waals surface area contributed by atoms with E-state index in [9.17, 15) is 8.60 Å². The maximum Gasteiger partial charge on any atom is 0.126 e. The van der Waals surface area contributed by atoms with E-state index in [1.54, 1.807) is 13.0 Å². The van der Waals surface area contributed by atoms with Gasteiger partial charge in [-0.1, -0.05) is 0 Å². The second-order valence-corrected chi connectivity index (χ2v) is 6.70. The third kappa shape index (κ3) is 3.15. The van der Waals surface area contributed by atoms with Gasteiger partial charge in [-0.05, 0) is 44.2 Å². The number of hydrogen-bond acceptors (Lipinski definition) is 3. The lowest BCUT2D eigenvalue weighted by Crippen LogP contribution is -2.38. The van der Waals surface area contributed by atoms with Gasteiger partial charge < -0.3 is 10.2 Å². The van der Waals surface area contributed by atoms with Crippen molar-refractivity contribution in [2.24, 2.45) is 0 Å². The van der Waals surface area contributed by atoms with Crippen LogP contribution in [0.4, 0.5) is 10.1 Å². The molecule has 5 heteroatoms. The molecule has 1 unspecified atom stereocenters. The van der Waals surface area contributed by atoms with Crippen molar-refractivity contribution in [1.29, 1.82) is 0 Å². The van der Waals surface area contributed by atoms with Crippen molar-refractivity contribution in [2.45, 2.75) is 19.9 Å². The van der Waals surface area contributed by atoms with E-state index in [-0.39, 0.29) is 11.9 Å². The van der Waals surface area contributed by atoms with Crippen LogP contribution in [0.25, 0.3) is 0 Å². The first-order chi connectivity index (χ1) is 9.02. The smallest absolute Gasteiger partial charge is 0.126 e. The van der Waals surface area contributed by atoms with Crippen molar-refractivity contribution in [1.82, 2.24) is 5.32 Å². The number of aryl methyl sites for hydroxylation is 1. The predicted octanol–water partition coefficient (Wildman–Crippen LogP) is 1.98. The third-order valence-corrected chi connectivity index (χ3v) is 5.00. The van der Waals surface area contributed by atoms with Crippen molar-refractivity contribution in [2.75, 3.05) is 36.5 Å². The first-order valence-corrected chi connectivity index (χ1v) is 8.09. The Morgan fingerprint density at radius 3 is 2.58 bits per heavy atom. The average molecular weight is 284 g/mol. The number of nitrogens with zero attached hydrogens (tertiary/aromatic N) is 1. The van der Waals surface area contributed by atoms with Crippen LogP contribution in [-0.4, -0.2) is 35.9 Å². The molecule has 1 aliphatic heterocycles. The van der Waals surface area contributed by atoms with E-state index in [0.29, 0.717) is 17.1 Å². The Labute approximate surface area is 116 Å². The predicted molar refractivity (Wildman–Crippen MR) is 78.7 cm³/mol. The third-order valence-electron chi connectivity index (χ3n) is 3.73. The molecule has 0 radical (unpaired) electrons. The van der Waals surface area contributed by atoms with Crippen LogP contribution < -0.4 is 10.2 Å². The summed E-state index contributed by atoms with van der Waals surface area (Å²) in [6, 6.07) is 3.63. The van der Waals surface area contributed by atoms with Crippen molar-refractivity contribution in [3.05, 3.63) is 29.1 Å². The van der Waals surface area contributed by atoms with E-state index in [1.165, 1.54) is 0 Å². The molecule has 1 saturated heterocycles. The molecule has 0 saturated carbocycles. The molecule has 1 aromatic rings. The average Bonchev–Trinajstić information content (AvgIpc) is 2.41. The second-order valence-electron chi connectivity index (χ2n) is 5.01. The minimum Gasteiger partial charge on any atom is -0.369 e. The first-order valence-electron chi connectivity index (χ1n) is 6.60. The van der Waals surface area contributed by atoms with E-state index >= 15 is 0 Å². The summed E-state index contributed by atoms with van der Waals surface area (Å²) in [6.45, 7) is 5.37. The number of benzene rings is 1. The van der Waals surface area contributed by atoms with Crippen molar-refractivity contribution in [3.63, 3.8) is 0 Å². The van der Waals surface area contributed by atoms with Gasteiger partial charge in [0.25, 0.3) is 0 Å². The van der Waals surface area contributed by atoms with Crippen LogP contribution in [0.2, 0.25) is 0 Å². The molecule has 3 nitrogen and oxygen atoms in total. The summed E-state index contributed by atoms with van der Waals surface area (Å²) in [6.07, 6.45) is 0. The van der Waals surface area contributed by atoms with Gasteiger partial charge >= 0.3 is 0 Å². The quantitative estimate of drug-likeness (QED) is 0.921. The lowest BCUT2D eigenvalue weighted by Gasteiger charge is -2.32. The Kier molecular flexibility index (Phi) is 4.58. The molecular formula is C14H21FN2OS. The molecule has 0 aromatic heterocycles. The first kappa shape index (κ1) is 14.5. The zero-order valence-corrected chi connectivity index (χ0v) is 12.5. The second kappa shape index (κ2) is 6.01. The maximum atomic E-state index is 13.8. The molecule has 0 spiro atoms. The van der Waals surface area contributed by atoms with Crippen molar-refractivity contribution in [3.8, 4) is 0 Å². The number of hydrogen-bond donors (Lipinski definition) is 1. The zero-order valence-electron chi connectivity index (χ0n) is 11.7. The molecular weight excluding hydrogens is 263 g/mol. The molecule has 1 aromatic carbocycles.